The molecule has 1 saturated heterocycles. The molecule has 0 bridgehead atoms. The van der Waals surface area contributed by atoms with E-state index in [9.17, 15) is 24.6 Å². The summed E-state index contributed by atoms with van der Waals surface area (Å²) in [7, 11) is 0. The van der Waals surface area contributed by atoms with Crippen LogP contribution in [0.1, 0.15) is 30.0 Å². The lowest BCUT2D eigenvalue weighted by atomic mass is 9.77. The Kier molecular flexibility index (Phi) is 6.61. The van der Waals surface area contributed by atoms with E-state index in [2.05, 4.69) is 5.48 Å². The first kappa shape index (κ1) is 25.5. The Morgan fingerprint density at radius 1 is 1.30 bits per heavy atom. The van der Waals surface area contributed by atoms with Crippen molar-refractivity contribution in [1.29, 1.82) is 0 Å². The maximum atomic E-state index is 12.9. The van der Waals surface area contributed by atoms with Gasteiger partial charge in [0.05, 0.1) is 29.5 Å². The van der Waals surface area contributed by atoms with Gasteiger partial charge in [0.1, 0.15) is 11.4 Å². The SMILES string of the molecule is CSc1c2sc(C3=C(C(=O)O)N4C(=O)[C@H]([C@@H](C)O)[C@H]4[C@H]3C)c(C)[n+]2cn1C(=O)NOCc1ccccc1. The number of carbonyl (C=O) groups is 3. The summed E-state index contributed by atoms with van der Waals surface area (Å²) in [5.74, 6) is -2.44. The average Bonchev–Trinajstić information content (AvgIpc) is 3.46. The number of amides is 2. The smallest absolute Gasteiger partial charge is 0.438 e. The highest BCUT2D eigenvalue weighted by Gasteiger charge is 2.60. The Morgan fingerprint density at radius 2 is 2.00 bits per heavy atom. The second-order valence-corrected chi connectivity index (χ2v) is 11.0. The van der Waals surface area contributed by atoms with Crippen LogP contribution in [0.15, 0.2) is 47.4 Å². The Morgan fingerprint density at radius 3 is 2.62 bits per heavy atom. The van der Waals surface area contributed by atoms with Gasteiger partial charge >= 0.3 is 12.0 Å². The molecule has 3 N–H and O–H groups in total. The van der Waals surface area contributed by atoms with Crippen molar-refractivity contribution in [3.63, 3.8) is 0 Å². The number of aryl methyl sites for hydroxylation is 1. The molecule has 5 rings (SSSR count). The van der Waals surface area contributed by atoms with Gasteiger partial charge in [0, 0.05) is 11.5 Å². The third-order valence-electron chi connectivity index (χ3n) is 7.01. The number of carboxylic acids is 1. The van der Waals surface area contributed by atoms with Crippen molar-refractivity contribution in [2.45, 2.75) is 44.5 Å². The summed E-state index contributed by atoms with van der Waals surface area (Å²) in [4.78, 5) is 46.2. The Bertz CT molecular complexity index is 1440. The maximum Gasteiger partial charge on any atom is 0.438 e. The topological polar surface area (TPSA) is 125 Å². The molecule has 0 spiro atoms. The predicted molar refractivity (Wildman–Crippen MR) is 137 cm³/mol. The summed E-state index contributed by atoms with van der Waals surface area (Å²) in [6, 6.07) is 8.63. The zero-order valence-electron chi connectivity index (χ0n) is 20.7. The van der Waals surface area contributed by atoms with Crippen LogP contribution in [0, 0.1) is 18.8 Å². The third kappa shape index (κ3) is 3.95. The summed E-state index contributed by atoms with van der Waals surface area (Å²) in [6.07, 6.45) is 2.64. The number of hydrogen-bond acceptors (Lipinski definition) is 7. The third-order valence-corrected chi connectivity index (χ3v) is 9.22. The molecule has 1 fully saturated rings. The van der Waals surface area contributed by atoms with Gasteiger partial charge in [-0.05, 0) is 25.7 Å². The zero-order valence-corrected chi connectivity index (χ0v) is 22.3. The predicted octanol–water partition coefficient (Wildman–Crippen LogP) is 2.66. The standard InChI is InChI=1S/C25H26N4O6S2/c1-12-16(19(24(32)33)29-18(12)17(14(3)30)21(29)31)20-13(2)27-11-28(22(36-4)23(27)37-20)25(34)26-35-10-15-8-6-5-7-9-15/h5-9,11-12,14,17-18,30H,10H2,1-4H3,(H-,26,32,33,34)/p+1/t12-,14+,17+,18+/m0/s1. The van der Waals surface area contributed by atoms with Crippen LogP contribution < -0.4 is 9.88 Å². The monoisotopic (exact) mass is 543 g/mol. The van der Waals surface area contributed by atoms with E-state index in [1.165, 1.54) is 32.6 Å². The molecule has 2 aliphatic heterocycles. The Labute approximate surface area is 221 Å². The van der Waals surface area contributed by atoms with E-state index >= 15 is 0 Å². The lowest BCUT2D eigenvalue weighted by Gasteiger charge is -2.46. The number of carbonyl (C=O) groups excluding carboxylic acids is 2. The molecule has 0 aliphatic carbocycles. The number of aliphatic hydroxyl groups excluding tert-OH is 1. The van der Waals surface area contributed by atoms with E-state index in [0.717, 1.165) is 21.0 Å². The van der Waals surface area contributed by atoms with Gasteiger partial charge in [0.15, 0.2) is 0 Å². The fourth-order valence-electron chi connectivity index (χ4n) is 5.29. The van der Waals surface area contributed by atoms with Crippen LogP contribution in [0.4, 0.5) is 4.79 Å². The number of β-lactam (4-membered cyclic amide) rings is 1. The molecule has 10 nitrogen and oxygen atoms in total. The molecular weight excluding hydrogens is 516 g/mol. The molecule has 2 aliphatic rings. The second kappa shape index (κ2) is 9.60. The molecule has 2 aromatic heterocycles. The molecule has 4 heterocycles. The molecule has 0 radical (unpaired) electrons. The van der Waals surface area contributed by atoms with Crippen molar-refractivity contribution in [3.8, 4) is 0 Å². The van der Waals surface area contributed by atoms with Crippen LogP contribution in [-0.2, 0) is 21.0 Å². The minimum absolute atomic E-state index is 0.0300. The van der Waals surface area contributed by atoms with Gasteiger partial charge in [-0.15, -0.1) is 4.57 Å². The van der Waals surface area contributed by atoms with Crippen molar-refractivity contribution in [2.75, 3.05) is 6.26 Å². The van der Waals surface area contributed by atoms with Gasteiger partial charge in [-0.25, -0.2) is 9.59 Å². The lowest BCUT2D eigenvalue weighted by Crippen LogP contribution is -2.63. The quantitative estimate of drug-likeness (QED) is 0.181. The van der Waals surface area contributed by atoms with Crippen molar-refractivity contribution in [3.05, 3.63) is 58.5 Å². The van der Waals surface area contributed by atoms with Crippen molar-refractivity contribution in [1.82, 2.24) is 14.9 Å². The molecule has 12 heteroatoms. The number of rotatable bonds is 7. The number of aliphatic hydroxyl groups is 1. The Hall–Kier alpha value is -3.19. The summed E-state index contributed by atoms with van der Waals surface area (Å²) >= 11 is 2.76. The van der Waals surface area contributed by atoms with Gasteiger partial charge in [0.2, 0.25) is 15.8 Å². The number of aliphatic carboxylic acids is 1. The molecule has 2 amide bonds. The van der Waals surface area contributed by atoms with Crippen LogP contribution in [-0.4, -0.2) is 56.0 Å². The fourth-order valence-corrected chi connectivity index (χ4v) is 7.56. The number of nitrogens with one attached hydrogen (secondary N) is 1. The highest BCUT2D eigenvalue weighted by molar-refractivity contribution is 7.98. The van der Waals surface area contributed by atoms with Gasteiger partial charge in [-0.2, -0.15) is 9.88 Å². The number of aromatic nitrogens is 2. The minimum Gasteiger partial charge on any atom is -0.477 e. The summed E-state index contributed by atoms with van der Waals surface area (Å²) in [5.41, 5.74) is 4.71. The molecule has 0 saturated carbocycles. The highest BCUT2D eigenvalue weighted by Crippen LogP contribution is 2.52. The number of benzene rings is 1. The van der Waals surface area contributed by atoms with Crippen LogP contribution in [0.2, 0.25) is 0 Å². The number of thiazole rings is 1. The lowest BCUT2D eigenvalue weighted by molar-refractivity contribution is -0.515. The largest absolute Gasteiger partial charge is 0.477 e. The normalized spacial score (nSPS) is 21.8. The molecule has 3 aromatic rings. The average molecular weight is 544 g/mol. The number of nitrogens with zero attached hydrogens (tertiary/aromatic N) is 3. The van der Waals surface area contributed by atoms with Crippen molar-refractivity contribution < 1.29 is 33.8 Å². The van der Waals surface area contributed by atoms with Crippen molar-refractivity contribution >= 4 is 51.4 Å². The van der Waals surface area contributed by atoms with E-state index in [1.807, 2.05) is 54.8 Å². The van der Waals surface area contributed by atoms with Gasteiger partial charge < -0.3 is 15.1 Å². The molecule has 1 aromatic carbocycles. The van der Waals surface area contributed by atoms with Crippen LogP contribution in [0.3, 0.4) is 0 Å². The van der Waals surface area contributed by atoms with Crippen LogP contribution >= 0.6 is 23.1 Å². The molecule has 4 atom stereocenters. The minimum atomic E-state index is -1.17. The van der Waals surface area contributed by atoms with Crippen molar-refractivity contribution in [2.24, 2.45) is 11.8 Å². The highest BCUT2D eigenvalue weighted by atomic mass is 32.2. The zero-order chi connectivity index (χ0) is 26.6. The maximum absolute atomic E-state index is 12.9. The van der Waals surface area contributed by atoms with Gasteiger partial charge in [0.25, 0.3) is 6.33 Å². The van der Waals surface area contributed by atoms with Crippen LogP contribution in [0.25, 0.3) is 10.4 Å². The van der Waals surface area contributed by atoms with Gasteiger partial charge in [-0.1, -0.05) is 60.4 Å². The Balaban J connectivity index is 1.48. The molecule has 0 unspecified atom stereocenters. The van der Waals surface area contributed by atoms with E-state index in [0.29, 0.717) is 10.6 Å². The van der Waals surface area contributed by atoms with E-state index in [1.54, 1.807) is 13.3 Å². The first-order chi connectivity index (χ1) is 17.7. The number of thioether (sulfide) groups is 1. The summed E-state index contributed by atoms with van der Waals surface area (Å²) < 4.78 is 3.31. The second-order valence-electron chi connectivity index (χ2n) is 9.19. The van der Waals surface area contributed by atoms with Gasteiger partial charge in [-0.3, -0.25) is 9.63 Å². The first-order valence-corrected chi connectivity index (χ1v) is 13.8. The van der Waals surface area contributed by atoms with E-state index < -0.39 is 30.1 Å². The summed E-state index contributed by atoms with van der Waals surface area (Å²) in [5, 5.41) is 20.8. The number of imidazole rings is 1. The van der Waals surface area contributed by atoms with E-state index in [4.69, 9.17) is 4.84 Å². The number of fused-ring (bicyclic) bond motifs is 2. The van der Waals surface area contributed by atoms with Crippen LogP contribution in [0.5, 0.6) is 0 Å². The fraction of sp³-hybridized carbons (Fsp3) is 0.360. The molecule has 194 valence electrons. The first-order valence-electron chi connectivity index (χ1n) is 11.7. The summed E-state index contributed by atoms with van der Waals surface area (Å²) in [6.45, 7) is 5.54. The number of carboxylic acid groups (broad SMARTS) is 1. The number of hydrogen-bond donors (Lipinski definition) is 3. The molecule has 37 heavy (non-hydrogen) atoms. The number of hydroxylamine groups is 1. The molecular formula is C25H27N4O6S2+. The van der Waals surface area contributed by atoms with E-state index in [-0.39, 0.29) is 24.1 Å².